The number of imidazole rings is 1. The number of rotatable bonds is 5. The Hall–Kier alpha value is -3.38. The molecule has 1 spiro atoms. The van der Waals surface area contributed by atoms with Crippen LogP contribution in [0, 0.1) is 12.3 Å². The van der Waals surface area contributed by atoms with E-state index in [0.717, 1.165) is 58.4 Å². The molecule has 0 aliphatic carbocycles. The van der Waals surface area contributed by atoms with E-state index in [2.05, 4.69) is 52.0 Å². The molecule has 2 saturated heterocycles. The Morgan fingerprint density at radius 2 is 1.91 bits per heavy atom. The van der Waals surface area contributed by atoms with E-state index in [1.165, 1.54) is 17.3 Å². The van der Waals surface area contributed by atoms with Gasteiger partial charge in [-0.15, -0.1) is 0 Å². The maximum Gasteiger partial charge on any atom is 0.404 e. The maximum atomic E-state index is 11.2. The van der Waals surface area contributed by atoms with Crippen LogP contribution in [0.5, 0.6) is 0 Å². The summed E-state index contributed by atoms with van der Waals surface area (Å²) in [5, 5.41) is 21.7. The minimum absolute atomic E-state index is 0.0200. The van der Waals surface area contributed by atoms with Gasteiger partial charge in [-0.05, 0) is 55.9 Å². The van der Waals surface area contributed by atoms with Gasteiger partial charge in [0.25, 0.3) is 0 Å². The van der Waals surface area contributed by atoms with Crippen LogP contribution < -0.4 is 10.2 Å². The Bertz CT molecular complexity index is 1650. The van der Waals surface area contributed by atoms with Gasteiger partial charge in [0.15, 0.2) is 5.65 Å². The molecule has 2 fully saturated rings. The molecule has 4 aromatic rings. The summed E-state index contributed by atoms with van der Waals surface area (Å²) in [4.78, 5) is 28.6. The van der Waals surface area contributed by atoms with Crippen LogP contribution in [0.15, 0.2) is 65.0 Å². The molecule has 0 saturated carbocycles. The summed E-state index contributed by atoms with van der Waals surface area (Å²) in [6, 6.07) is 7.89. The average Bonchev–Trinajstić information content (AvgIpc) is 3.61. The molecule has 0 aromatic carbocycles. The highest BCUT2D eigenvalue weighted by Gasteiger charge is 2.50. The number of carbonyl (C=O) groups is 1. The molecule has 6 rings (SSSR count). The molecule has 1 amide bonds. The van der Waals surface area contributed by atoms with Crippen molar-refractivity contribution in [2.75, 3.05) is 24.6 Å². The van der Waals surface area contributed by atoms with E-state index >= 15 is 0 Å². The lowest BCUT2D eigenvalue weighted by molar-refractivity contribution is 0.0970. The molecule has 0 unspecified atom stereocenters. The molecule has 10 nitrogen and oxygen atoms in total. The smallest absolute Gasteiger partial charge is 0.404 e. The highest BCUT2D eigenvalue weighted by molar-refractivity contribution is 7.99. The minimum atomic E-state index is -0.969. The molecule has 0 bridgehead atoms. The maximum absolute atomic E-state index is 11.2. The Kier molecular flexibility index (Phi) is 9.93. The zero-order chi connectivity index (χ0) is 32.4. The molecular weight excluding hydrogens is 612 g/mol. The lowest BCUT2D eigenvalue weighted by Crippen LogP contribution is -2.54. The van der Waals surface area contributed by atoms with Gasteiger partial charge in [0.05, 0.1) is 36.1 Å². The van der Waals surface area contributed by atoms with Crippen molar-refractivity contribution in [2.24, 2.45) is 5.41 Å². The summed E-state index contributed by atoms with van der Waals surface area (Å²) in [5.41, 5.74) is 3.62. The van der Waals surface area contributed by atoms with Gasteiger partial charge in [0.2, 0.25) is 0 Å². The number of amides is 1. The van der Waals surface area contributed by atoms with E-state index in [0.29, 0.717) is 11.6 Å². The molecule has 6 heterocycles. The highest BCUT2D eigenvalue weighted by Crippen LogP contribution is 2.44. The SMILES string of the molecule is C[C@@H]1OCC2(CCN(c3ncccc3C(C)(C)C)CC2)[C@@H]1NC(=O)O.Cc1ncc(CO)cc1Sc1ccn2ccnc2c1Cl. The Morgan fingerprint density at radius 1 is 1.16 bits per heavy atom. The molecular formula is C33H41ClN6O4S. The van der Waals surface area contributed by atoms with E-state index in [-0.39, 0.29) is 29.6 Å². The van der Waals surface area contributed by atoms with Gasteiger partial charge in [-0.2, -0.15) is 0 Å². The quantitative estimate of drug-likeness (QED) is 0.226. The Labute approximate surface area is 273 Å². The van der Waals surface area contributed by atoms with Crippen molar-refractivity contribution in [3.05, 3.63) is 77.1 Å². The van der Waals surface area contributed by atoms with Crippen molar-refractivity contribution in [3.8, 4) is 0 Å². The van der Waals surface area contributed by atoms with Gasteiger partial charge in [-0.25, -0.2) is 14.8 Å². The molecule has 240 valence electrons. The fourth-order valence-electron chi connectivity index (χ4n) is 6.11. The molecule has 2 aliphatic rings. The first kappa shape index (κ1) is 33.0. The third-order valence-electron chi connectivity index (χ3n) is 8.66. The van der Waals surface area contributed by atoms with Gasteiger partial charge >= 0.3 is 6.09 Å². The van der Waals surface area contributed by atoms with E-state index in [1.807, 2.05) is 55.0 Å². The van der Waals surface area contributed by atoms with Crippen LogP contribution in [0.3, 0.4) is 0 Å². The van der Waals surface area contributed by atoms with E-state index in [1.54, 1.807) is 12.4 Å². The number of pyridine rings is 3. The summed E-state index contributed by atoms with van der Waals surface area (Å²) >= 11 is 7.91. The fourth-order valence-corrected chi connectivity index (χ4v) is 7.40. The first-order valence-electron chi connectivity index (χ1n) is 15.1. The van der Waals surface area contributed by atoms with Crippen LogP contribution in [0.2, 0.25) is 5.02 Å². The topological polar surface area (TPSA) is 125 Å². The highest BCUT2D eigenvalue weighted by atomic mass is 35.5. The normalized spacial score (nSPS) is 19.4. The second-order valence-corrected chi connectivity index (χ2v) is 14.2. The number of aryl methyl sites for hydroxylation is 1. The van der Waals surface area contributed by atoms with Crippen LogP contribution in [-0.2, 0) is 16.8 Å². The third-order valence-corrected chi connectivity index (χ3v) is 10.3. The summed E-state index contributed by atoms with van der Waals surface area (Å²) in [6.45, 7) is 12.9. The zero-order valence-electron chi connectivity index (χ0n) is 26.3. The largest absolute Gasteiger partial charge is 0.465 e. The summed E-state index contributed by atoms with van der Waals surface area (Å²) in [7, 11) is 0. The number of halogens is 1. The van der Waals surface area contributed by atoms with Crippen molar-refractivity contribution in [3.63, 3.8) is 0 Å². The standard InChI is InChI=1S/C19H29N3O3.C14H12ClN3OS/c1-13-15(21-17(23)24)19(12-25-13)7-10-22(11-8-19)16-14(18(2,3)4)6-5-9-20-16;1-9-12(6-10(8-19)7-17-9)20-11-2-4-18-5-3-16-14(18)13(11)15/h5-6,9,13,15,21H,7-8,10-12H2,1-4H3,(H,23,24);2-7,19H,8H2,1H3/t13-,15+;/m0./s1. The van der Waals surface area contributed by atoms with E-state index in [4.69, 9.17) is 16.3 Å². The predicted octanol–water partition coefficient (Wildman–Crippen LogP) is 6.36. The van der Waals surface area contributed by atoms with Crippen molar-refractivity contribution >= 4 is 40.9 Å². The molecule has 45 heavy (non-hydrogen) atoms. The van der Waals surface area contributed by atoms with Crippen LogP contribution in [0.1, 0.15) is 57.4 Å². The number of nitrogens with one attached hydrogen (secondary N) is 1. The number of hydrogen-bond acceptors (Lipinski definition) is 8. The number of hydrogen-bond donors (Lipinski definition) is 3. The van der Waals surface area contributed by atoms with Crippen LogP contribution in [0.4, 0.5) is 10.6 Å². The van der Waals surface area contributed by atoms with Crippen LogP contribution in [-0.4, -0.2) is 67.5 Å². The number of ether oxygens (including phenoxy) is 1. The lowest BCUT2D eigenvalue weighted by atomic mass is 9.73. The zero-order valence-corrected chi connectivity index (χ0v) is 27.9. The van der Waals surface area contributed by atoms with Gasteiger partial charge < -0.3 is 29.6 Å². The minimum Gasteiger partial charge on any atom is -0.465 e. The second-order valence-electron chi connectivity index (χ2n) is 12.8. The predicted molar refractivity (Wildman–Crippen MR) is 176 cm³/mol. The number of aromatic nitrogens is 4. The van der Waals surface area contributed by atoms with Gasteiger partial charge in [-0.3, -0.25) is 4.98 Å². The Morgan fingerprint density at radius 3 is 2.60 bits per heavy atom. The number of nitrogens with zero attached hydrogens (tertiary/aromatic N) is 5. The van der Waals surface area contributed by atoms with Crippen LogP contribution in [0.25, 0.3) is 5.65 Å². The van der Waals surface area contributed by atoms with Crippen molar-refractivity contribution < 1.29 is 19.7 Å². The van der Waals surface area contributed by atoms with Crippen molar-refractivity contribution in [1.29, 1.82) is 0 Å². The van der Waals surface area contributed by atoms with Gasteiger partial charge in [0, 0.05) is 64.8 Å². The monoisotopic (exact) mass is 652 g/mol. The van der Waals surface area contributed by atoms with Crippen molar-refractivity contribution in [1.82, 2.24) is 24.7 Å². The molecule has 3 N–H and O–H groups in total. The average molecular weight is 653 g/mol. The first-order valence-corrected chi connectivity index (χ1v) is 16.3. The number of fused-ring (bicyclic) bond motifs is 1. The lowest BCUT2D eigenvalue weighted by Gasteiger charge is -2.43. The van der Waals surface area contributed by atoms with Gasteiger partial charge in [0.1, 0.15) is 5.82 Å². The molecule has 12 heteroatoms. The van der Waals surface area contributed by atoms with E-state index in [9.17, 15) is 15.0 Å². The fraction of sp³-hybridized carbons (Fsp3) is 0.455. The van der Waals surface area contributed by atoms with E-state index < -0.39 is 6.09 Å². The molecule has 4 aromatic heterocycles. The number of carboxylic acid groups (broad SMARTS) is 1. The molecule has 2 atom stereocenters. The summed E-state index contributed by atoms with van der Waals surface area (Å²) < 4.78 is 7.70. The first-order chi connectivity index (χ1) is 21.4. The molecule has 2 aliphatic heterocycles. The van der Waals surface area contributed by atoms with Gasteiger partial charge in [-0.1, -0.05) is 50.2 Å². The number of anilines is 1. The summed E-state index contributed by atoms with van der Waals surface area (Å²) in [6.07, 6.45) is 9.79. The third kappa shape index (κ3) is 7.22. The summed E-state index contributed by atoms with van der Waals surface area (Å²) in [5.74, 6) is 1.06. The molecule has 0 radical (unpaired) electrons. The Balaban J connectivity index is 0.000000182. The van der Waals surface area contributed by atoms with Crippen molar-refractivity contribution in [2.45, 2.75) is 81.4 Å². The van der Waals surface area contributed by atoms with Crippen LogP contribution >= 0.6 is 23.4 Å². The number of aliphatic hydroxyl groups excluding tert-OH is 1. The number of piperidine rings is 1. The number of aliphatic hydroxyl groups is 1. The second kappa shape index (κ2) is 13.5.